The van der Waals surface area contributed by atoms with Crippen molar-refractivity contribution >= 4 is 28.4 Å². The van der Waals surface area contributed by atoms with Gasteiger partial charge in [-0.3, -0.25) is 9.59 Å². The molecule has 0 spiro atoms. The molecule has 7 heteroatoms. The molecular formula is C14H22N2O4S. The van der Waals surface area contributed by atoms with Crippen LogP contribution >= 0.6 is 11.3 Å². The number of ether oxygens (including phenoxy) is 2. The number of carbonyl (C=O) groups is 2. The van der Waals surface area contributed by atoms with Crippen molar-refractivity contribution in [3.63, 3.8) is 0 Å². The average Bonchev–Trinajstić information content (AvgIpc) is 2.89. The summed E-state index contributed by atoms with van der Waals surface area (Å²) in [5.41, 5.74) is -0.127. The number of hydrogen-bond donors (Lipinski definition) is 1. The number of rotatable bonds is 8. The van der Waals surface area contributed by atoms with E-state index in [1.165, 1.54) is 11.3 Å². The summed E-state index contributed by atoms with van der Waals surface area (Å²) < 4.78 is 9.89. The van der Waals surface area contributed by atoms with Gasteiger partial charge in [0.25, 0.3) is 0 Å². The van der Waals surface area contributed by atoms with E-state index in [0.717, 1.165) is 0 Å². The standard InChI is InChI=1S/C14H22N2O4S/c1-5-19-11(17)7-8-15-13-16-10(9-21-13)14(3,4)12(18)20-6-2/h9H,5-8H2,1-4H3,(H,15,16). The van der Waals surface area contributed by atoms with Gasteiger partial charge < -0.3 is 14.8 Å². The quantitative estimate of drug-likeness (QED) is 0.742. The Morgan fingerprint density at radius 2 is 1.95 bits per heavy atom. The molecule has 0 amide bonds. The van der Waals surface area contributed by atoms with Gasteiger partial charge in [-0.1, -0.05) is 0 Å². The zero-order valence-electron chi connectivity index (χ0n) is 12.9. The molecular weight excluding hydrogens is 292 g/mol. The lowest BCUT2D eigenvalue weighted by Crippen LogP contribution is -2.31. The summed E-state index contributed by atoms with van der Waals surface area (Å²) in [5, 5.41) is 5.55. The molecule has 0 radical (unpaired) electrons. The lowest BCUT2D eigenvalue weighted by molar-refractivity contribution is -0.149. The maximum Gasteiger partial charge on any atom is 0.317 e. The highest BCUT2D eigenvalue weighted by molar-refractivity contribution is 7.13. The highest BCUT2D eigenvalue weighted by Gasteiger charge is 2.33. The van der Waals surface area contributed by atoms with Gasteiger partial charge in [0, 0.05) is 11.9 Å². The second-order valence-corrected chi connectivity index (χ2v) is 5.72. The molecule has 21 heavy (non-hydrogen) atoms. The summed E-state index contributed by atoms with van der Waals surface area (Å²) in [5.74, 6) is -0.540. The van der Waals surface area contributed by atoms with Crippen molar-refractivity contribution in [3.05, 3.63) is 11.1 Å². The van der Waals surface area contributed by atoms with E-state index in [9.17, 15) is 9.59 Å². The third kappa shape index (κ3) is 5.00. The highest BCUT2D eigenvalue weighted by Crippen LogP contribution is 2.28. The zero-order chi connectivity index (χ0) is 15.9. The minimum Gasteiger partial charge on any atom is -0.466 e. The predicted molar refractivity (Wildman–Crippen MR) is 81.5 cm³/mol. The summed E-state index contributed by atoms with van der Waals surface area (Å²) in [7, 11) is 0. The molecule has 1 aromatic rings. The Kier molecular flexibility index (Phi) is 6.61. The second-order valence-electron chi connectivity index (χ2n) is 4.87. The Labute approximate surface area is 128 Å². The Hall–Kier alpha value is -1.63. The molecule has 0 atom stereocenters. The van der Waals surface area contributed by atoms with Gasteiger partial charge in [-0.05, 0) is 27.7 Å². The van der Waals surface area contributed by atoms with E-state index >= 15 is 0 Å². The first kappa shape index (κ1) is 17.4. The molecule has 0 aliphatic carbocycles. The maximum atomic E-state index is 11.9. The largest absolute Gasteiger partial charge is 0.466 e. The van der Waals surface area contributed by atoms with Crippen molar-refractivity contribution in [1.29, 1.82) is 0 Å². The van der Waals surface area contributed by atoms with Crippen LogP contribution in [0.25, 0.3) is 0 Å². The molecule has 118 valence electrons. The van der Waals surface area contributed by atoms with Crippen molar-refractivity contribution in [2.24, 2.45) is 0 Å². The van der Waals surface area contributed by atoms with E-state index in [4.69, 9.17) is 9.47 Å². The van der Waals surface area contributed by atoms with Crippen molar-refractivity contribution in [3.8, 4) is 0 Å². The van der Waals surface area contributed by atoms with Gasteiger partial charge in [0.15, 0.2) is 5.13 Å². The van der Waals surface area contributed by atoms with Crippen molar-refractivity contribution < 1.29 is 19.1 Å². The molecule has 0 saturated carbocycles. The van der Waals surface area contributed by atoms with Crippen LogP contribution in [0.15, 0.2) is 5.38 Å². The van der Waals surface area contributed by atoms with E-state index in [1.54, 1.807) is 27.7 Å². The summed E-state index contributed by atoms with van der Waals surface area (Å²) in [6.45, 7) is 8.29. The van der Waals surface area contributed by atoms with Crippen LogP contribution in [0.2, 0.25) is 0 Å². The number of hydrogen-bond acceptors (Lipinski definition) is 7. The van der Waals surface area contributed by atoms with Gasteiger partial charge in [0.05, 0.1) is 25.3 Å². The number of carbonyl (C=O) groups excluding carboxylic acids is 2. The van der Waals surface area contributed by atoms with Gasteiger partial charge >= 0.3 is 11.9 Å². The van der Waals surface area contributed by atoms with Gasteiger partial charge in [-0.25, -0.2) is 4.98 Å². The average molecular weight is 314 g/mol. The van der Waals surface area contributed by atoms with E-state index < -0.39 is 5.41 Å². The molecule has 0 fully saturated rings. The summed E-state index contributed by atoms with van der Waals surface area (Å²) in [6, 6.07) is 0. The van der Waals surface area contributed by atoms with Crippen LogP contribution in [-0.2, 0) is 24.5 Å². The van der Waals surface area contributed by atoms with E-state index in [-0.39, 0.29) is 18.4 Å². The van der Waals surface area contributed by atoms with E-state index in [1.807, 2.05) is 5.38 Å². The molecule has 1 aromatic heterocycles. The Balaban J connectivity index is 2.56. The first-order valence-corrected chi connectivity index (χ1v) is 7.82. The summed E-state index contributed by atoms with van der Waals surface area (Å²) in [6.07, 6.45) is 0.282. The fraction of sp³-hybridized carbons (Fsp3) is 0.643. The number of nitrogens with zero attached hydrogens (tertiary/aromatic N) is 1. The number of thiazole rings is 1. The third-order valence-electron chi connectivity index (χ3n) is 2.84. The van der Waals surface area contributed by atoms with Crippen LogP contribution in [-0.4, -0.2) is 36.7 Å². The Bertz CT molecular complexity index is 485. The fourth-order valence-electron chi connectivity index (χ4n) is 1.56. The lowest BCUT2D eigenvalue weighted by atomic mass is 9.90. The predicted octanol–water partition coefficient (Wildman–Crippen LogP) is 2.35. The smallest absolute Gasteiger partial charge is 0.317 e. The van der Waals surface area contributed by atoms with E-state index in [0.29, 0.717) is 30.6 Å². The molecule has 6 nitrogen and oxygen atoms in total. The minimum absolute atomic E-state index is 0.242. The van der Waals surface area contributed by atoms with Crippen LogP contribution in [0.1, 0.15) is 39.8 Å². The maximum absolute atomic E-state index is 11.9. The SMILES string of the molecule is CCOC(=O)CCNc1nc(C(C)(C)C(=O)OCC)cs1. The zero-order valence-corrected chi connectivity index (χ0v) is 13.7. The molecule has 0 aliphatic heterocycles. The molecule has 0 saturated heterocycles. The van der Waals surface area contributed by atoms with Gasteiger partial charge in [-0.2, -0.15) is 0 Å². The summed E-state index contributed by atoms with van der Waals surface area (Å²) in [4.78, 5) is 27.5. The van der Waals surface area contributed by atoms with Gasteiger partial charge in [0.1, 0.15) is 5.41 Å². The van der Waals surface area contributed by atoms with Gasteiger partial charge in [-0.15, -0.1) is 11.3 Å². The topological polar surface area (TPSA) is 77.5 Å². The fourth-order valence-corrected chi connectivity index (χ4v) is 2.47. The molecule has 1 N–H and O–H groups in total. The Morgan fingerprint density at radius 3 is 2.57 bits per heavy atom. The van der Waals surface area contributed by atoms with Crippen LogP contribution in [0, 0.1) is 0 Å². The first-order valence-electron chi connectivity index (χ1n) is 6.94. The first-order chi connectivity index (χ1) is 9.91. The normalized spacial score (nSPS) is 11.0. The van der Waals surface area contributed by atoms with Crippen molar-refractivity contribution in [1.82, 2.24) is 4.98 Å². The number of nitrogens with one attached hydrogen (secondary N) is 1. The number of anilines is 1. The molecule has 0 aliphatic rings. The van der Waals surface area contributed by atoms with E-state index in [2.05, 4.69) is 10.3 Å². The number of aromatic nitrogens is 1. The van der Waals surface area contributed by atoms with Crippen molar-refractivity contribution in [2.45, 2.75) is 39.5 Å². The third-order valence-corrected chi connectivity index (χ3v) is 3.64. The molecule has 0 bridgehead atoms. The molecule has 1 rings (SSSR count). The molecule has 0 unspecified atom stereocenters. The molecule has 0 aromatic carbocycles. The van der Waals surface area contributed by atoms with Crippen LogP contribution in [0.3, 0.4) is 0 Å². The second kappa shape index (κ2) is 7.97. The minimum atomic E-state index is -0.784. The number of esters is 2. The highest BCUT2D eigenvalue weighted by atomic mass is 32.1. The van der Waals surface area contributed by atoms with Crippen LogP contribution in [0.4, 0.5) is 5.13 Å². The van der Waals surface area contributed by atoms with Crippen molar-refractivity contribution in [2.75, 3.05) is 25.1 Å². The van der Waals surface area contributed by atoms with Gasteiger partial charge in [0.2, 0.25) is 0 Å². The Morgan fingerprint density at radius 1 is 1.29 bits per heavy atom. The van der Waals surface area contributed by atoms with Crippen LogP contribution < -0.4 is 5.32 Å². The molecule has 1 heterocycles. The monoisotopic (exact) mass is 314 g/mol. The summed E-state index contributed by atoms with van der Waals surface area (Å²) >= 11 is 1.39. The lowest BCUT2D eigenvalue weighted by Gasteiger charge is -2.19. The van der Waals surface area contributed by atoms with Crippen LogP contribution in [0.5, 0.6) is 0 Å².